The summed E-state index contributed by atoms with van der Waals surface area (Å²) in [7, 11) is 0. The highest BCUT2D eigenvalue weighted by Crippen LogP contribution is 2.30. The first kappa shape index (κ1) is 15.4. The molecule has 3 aromatic rings. The number of nitrogens with zero attached hydrogens (tertiary/aromatic N) is 4. The minimum Gasteiger partial charge on any atom is -0.341 e. The van der Waals surface area contributed by atoms with Gasteiger partial charge in [0.25, 0.3) is 0 Å². The molecular formula is C19H25N5. The van der Waals surface area contributed by atoms with Gasteiger partial charge < -0.3 is 9.55 Å². The summed E-state index contributed by atoms with van der Waals surface area (Å²) < 4.78 is 2.28. The molecule has 1 aromatic carbocycles. The molecule has 5 nitrogen and oxygen atoms in total. The molecule has 0 bridgehead atoms. The van der Waals surface area contributed by atoms with Gasteiger partial charge in [0.05, 0.1) is 17.1 Å². The molecule has 3 heterocycles. The van der Waals surface area contributed by atoms with Crippen molar-refractivity contribution in [1.82, 2.24) is 24.4 Å². The number of H-pyrrole nitrogens is 1. The maximum absolute atomic E-state index is 4.85. The molecule has 1 aliphatic heterocycles. The van der Waals surface area contributed by atoms with Crippen LogP contribution in [-0.4, -0.2) is 37.5 Å². The molecule has 1 N–H and O–H groups in total. The van der Waals surface area contributed by atoms with Gasteiger partial charge in [-0.3, -0.25) is 4.90 Å². The van der Waals surface area contributed by atoms with Gasteiger partial charge in [-0.05, 0) is 31.5 Å². The van der Waals surface area contributed by atoms with E-state index in [4.69, 9.17) is 4.98 Å². The van der Waals surface area contributed by atoms with Gasteiger partial charge in [-0.1, -0.05) is 25.5 Å². The van der Waals surface area contributed by atoms with Crippen molar-refractivity contribution in [3.8, 4) is 0 Å². The minimum atomic E-state index is 0.403. The predicted molar refractivity (Wildman–Crippen MR) is 95.9 cm³/mol. The molecule has 1 fully saturated rings. The second kappa shape index (κ2) is 6.77. The first-order valence-corrected chi connectivity index (χ1v) is 9.04. The SMILES string of the molecule is CCc1nccn1CCN1CCCC[C@@H]1c1nc2ccccc2[nH]1. The molecular weight excluding hydrogens is 298 g/mol. The number of aromatic amines is 1. The van der Waals surface area contributed by atoms with Crippen molar-refractivity contribution in [2.24, 2.45) is 0 Å². The van der Waals surface area contributed by atoms with E-state index in [0.717, 1.165) is 42.9 Å². The number of piperidine rings is 1. The van der Waals surface area contributed by atoms with Crippen LogP contribution in [-0.2, 0) is 13.0 Å². The topological polar surface area (TPSA) is 49.7 Å². The number of hydrogen-bond acceptors (Lipinski definition) is 3. The fourth-order valence-corrected chi connectivity index (χ4v) is 3.79. The number of likely N-dealkylation sites (tertiary alicyclic amines) is 1. The van der Waals surface area contributed by atoms with E-state index < -0.39 is 0 Å². The van der Waals surface area contributed by atoms with Gasteiger partial charge in [0.15, 0.2) is 0 Å². The lowest BCUT2D eigenvalue weighted by Gasteiger charge is -2.34. The van der Waals surface area contributed by atoms with E-state index in [1.165, 1.54) is 25.1 Å². The Labute approximate surface area is 142 Å². The van der Waals surface area contributed by atoms with Gasteiger partial charge >= 0.3 is 0 Å². The van der Waals surface area contributed by atoms with Crippen LogP contribution in [0.2, 0.25) is 0 Å². The number of imidazole rings is 2. The van der Waals surface area contributed by atoms with Gasteiger partial charge in [0, 0.05) is 31.9 Å². The number of aromatic nitrogens is 4. The van der Waals surface area contributed by atoms with Crippen molar-refractivity contribution in [3.05, 3.63) is 48.3 Å². The predicted octanol–water partition coefficient (Wildman–Crippen LogP) is 3.55. The fraction of sp³-hybridized carbons (Fsp3) is 0.474. The summed E-state index contributed by atoms with van der Waals surface area (Å²) in [5.41, 5.74) is 2.21. The Bertz CT molecular complexity index is 770. The highest BCUT2D eigenvalue weighted by Gasteiger charge is 2.26. The number of hydrogen-bond donors (Lipinski definition) is 1. The van der Waals surface area contributed by atoms with Crippen LogP contribution in [0.4, 0.5) is 0 Å². The standard InChI is InChI=1S/C19H25N5/c1-2-18-20-10-12-24(18)14-13-23-11-6-5-9-17(23)19-21-15-7-3-4-8-16(15)22-19/h3-4,7-8,10,12,17H,2,5-6,9,11,13-14H2,1H3,(H,21,22)/t17-/m1/s1. The van der Waals surface area contributed by atoms with Gasteiger partial charge in [0.1, 0.15) is 11.6 Å². The lowest BCUT2D eigenvalue weighted by atomic mass is 10.0. The number of para-hydroxylation sites is 2. The van der Waals surface area contributed by atoms with Crippen LogP contribution in [0.3, 0.4) is 0 Å². The average Bonchev–Trinajstić information content (AvgIpc) is 3.26. The second-order valence-corrected chi connectivity index (χ2v) is 6.58. The summed E-state index contributed by atoms with van der Waals surface area (Å²) >= 11 is 0. The summed E-state index contributed by atoms with van der Waals surface area (Å²) in [6.45, 7) is 5.36. The van der Waals surface area contributed by atoms with Crippen LogP contribution < -0.4 is 0 Å². The Balaban J connectivity index is 1.52. The van der Waals surface area contributed by atoms with Gasteiger partial charge in [-0.2, -0.15) is 0 Å². The quantitative estimate of drug-likeness (QED) is 0.781. The van der Waals surface area contributed by atoms with Crippen LogP contribution in [0.25, 0.3) is 11.0 Å². The molecule has 0 radical (unpaired) electrons. The summed E-state index contributed by atoms with van der Waals surface area (Å²) in [5.74, 6) is 2.30. The Kier molecular flexibility index (Phi) is 4.34. The first-order chi connectivity index (χ1) is 11.8. The summed E-state index contributed by atoms with van der Waals surface area (Å²) in [4.78, 5) is 15.4. The molecule has 2 aromatic heterocycles. The summed E-state index contributed by atoms with van der Waals surface area (Å²) in [6.07, 6.45) is 8.74. The Hall–Kier alpha value is -2.14. The van der Waals surface area contributed by atoms with Gasteiger partial charge in [-0.15, -0.1) is 0 Å². The molecule has 0 aliphatic carbocycles. The van der Waals surface area contributed by atoms with Crippen LogP contribution in [0, 0.1) is 0 Å². The zero-order valence-electron chi connectivity index (χ0n) is 14.3. The number of fused-ring (bicyclic) bond motifs is 1. The van der Waals surface area contributed by atoms with Gasteiger partial charge in [0.2, 0.25) is 0 Å². The van der Waals surface area contributed by atoms with Crippen molar-refractivity contribution in [2.75, 3.05) is 13.1 Å². The van der Waals surface area contributed by atoms with Crippen molar-refractivity contribution < 1.29 is 0 Å². The lowest BCUT2D eigenvalue weighted by molar-refractivity contribution is 0.137. The summed E-state index contributed by atoms with van der Waals surface area (Å²) in [6, 6.07) is 8.71. The molecule has 24 heavy (non-hydrogen) atoms. The molecule has 126 valence electrons. The Morgan fingerprint density at radius 3 is 3.00 bits per heavy atom. The molecule has 1 saturated heterocycles. The second-order valence-electron chi connectivity index (χ2n) is 6.58. The van der Waals surface area contributed by atoms with E-state index in [-0.39, 0.29) is 0 Å². The van der Waals surface area contributed by atoms with Crippen LogP contribution >= 0.6 is 0 Å². The first-order valence-electron chi connectivity index (χ1n) is 9.04. The Morgan fingerprint density at radius 1 is 1.21 bits per heavy atom. The normalized spacial score (nSPS) is 19.1. The molecule has 1 aliphatic rings. The third-order valence-corrected chi connectivity index (χ3v) is 5.08. The zero-order chi connectivity index (χ0) is 16.4. The van der Waals surface area contributed by atoms with Crippen molar-refractivity contribution >= 4 is 11.0 Å². The largest absolute Gasteiger partial charge is 0.341 e. The highest BCUT2D eigenvalue weighted by molar-refractivity contribution is 5.74. The molecule has 0 spiro atoms. The minimum absolute atomic E-state index is 0.403. The molecule has 0 saturated carbocycles. The van der Waals surface area contributed by atoms with Crippen LogP contribution in [0.5, 0.6) is 0 Å². The van der Waals surface area contributed by atoms with Crippen LogP contribution in [0.1, 0.15) is 43.9 Å². The molecule has 1 atom stereocenters. The van der Waals surface area contributed by atoms with Gasteiger partial charge in [-0.25, -0.2) is 9.97 Å². The molecule has 0 unspecified atom stereocenters. The maximum Gasteiger partial charge on any atom is 0.124 e. The number of benzene rings is 1. The summed E-state index contributed by atoms with van der Waals surface area (Å²) in [5, 5.41) is 0. The van der Waals surface area contributed by atoms with Crippen molar-refractivity contribution in [1.29, 1.82) is 0 Å². The van der Waals surface area contributed by atoms with E-state index in [1.54, 1.807) is 0 Å². The van der Waals surface area contributed by atoms with Crippen molar-refractivity contribution in [3.63, 3.8) is 0 Å². The Morgan fingerprint density at radius 2 is 2.12 bits per heavy atom. The highest BCUT2D eigenvalue weighted by atomic mass is 15.2. The van der Waals surface area contributed by atoms with Crippen molar-refractivity contribution in [2.45, 2.75) is 45.2 Å². The number of rotatable bonds is 5. The zero-order valence-corrected chi connectivity index (χ0v) is 14.3. The third-order valence-electron chi connectivity index (χ3n) is 5.08. The lowest BCUT2D eigenvalue weighted by Crippen LogP contribution is -2.36. The average molecular weight is 323 g/mol. The van der Waals surface area contributed by atoms with E-state index in [9.17, 15) is 0 Å². The monoisotopic (exact) mass is 323 g/mol. The number of aryl methyl sites for hydroxylation is 1. The molecule has 0 amide bonds. The van der Waals surface area contributed by atoms with E-state index in [0.29, 0.717) is 6.04 Å². The fourth-order valence-electron chi connectivity index (χ4n) is 3.79. The van der Waals surface area contributed by atoms with E-state index in [1.807, 2.05) is 6.20 Å². The number of nitrogens with one attached hydrogen (secondary N) is 1. The van der Waals surface area contributed by atoms with E-state index in [2.05, 4.69) is 56.8 Å². The maximum atomic E-state index is 4.85. The molecule has 5 heteroatoms. The molecule has 4 rings (SSSR count). The third kappa shape index (κ3) is 2.96. The smallest absolute Gasteiger partial charge is 0.124 e. The van der Waals surface area contributed by atoms with E-state index >= 15 is 0 Å². The van der Waals surface area contributed by atoms with Crippen LogP contribution in [0.15, 0.2) is 36.7 Å².